The van der Waals surface area contributed by atoms with Gasteiger partial charge in [0.25, 0.3) is 5.91 Å². The van der Waals surface area contributed by atoms with E-state index >= 15 is 0 Å². The molecule has 0 radical (unpaired) electrons. The molecular weight excluding hydrogens is 233 g/mol. The summed E-state index contributed by atoms with van der Waals surface area (Å²) in [6, 6.07) is 9.31. The standard InChI is InChI=1S/C13H12FN3O/c14-11-5-4-9(7-12(11)15)13(18)17-8-10-3-1-2-6-16-10/h1-7H,8,15H2,(H,17,18). The number of hydrogen-bond acceptors (Lipinski definition) is 3. The molecule has 0 bridgehead atoms. The van der Waals surface area contributed by atoms with Gasteiger partial charge in [-0.1, -0.05) is 6.07 Å². The number of carbonyl (C=O) groups excluding carboxylic acids is 1. The monoisotopic (exact) mass is 245 g/mol. The predicted molar refractivity (Wildman–Crippen MR) is 66.2 cm³/mol. The van der Waals surface area contributed by atoms with Gasteiger partial charge in [-0.3, -0.25) is 9.78 Å². The summed E-state index contributed by atoms with van der Waals surface area (Å²) in [7, 11) is 0. The summed E-state index contributed by atoms with van der Waals surface area (Å²) in [5, 5.41) is 2.68. The number of nitrogen functional groups attached to an aromatic ring is 1. The molecule has 1 heterocycles. The van der Waals surface area contributed by atoms with E-state index in [1.807, 2.05) is 6.07 Å². The normalized spacial score (nSPS) is 10.1. The third-order valence-electron chi connectivity index (χ3n) is 2.41. The number of nitrogens with one attached hydrogen (secondary N) is 1. The lowest BCUT2D eigenvalue weighted by atomic mass is 10.2. The minimum absolute atomic E-state index is 0.0412. The number of amides is 1. The van der Waals surface area contributed by atoms with E-state index in [2.05, 4.69) is 10.3 Å². The molecule has 92 valence electrons. The Bertz CT molecular complexity index is 557. The van der Waals surface area contributed by atoms with E-state index in [0.717, 1.165) is 5.69 Å². The van der Waals surface area contributed by atoms with Crippen LogP contribution in [0.3, 0.4) is 0 Å². The first-order valence-electron chi connectivity index (χ1n) is 5.40. The highest BCUT2D eigenvalue weighted by atomic mass is 19.1. The molecule has 0 aliphatic rings. The number of benzene rings is 1. The van der Waals surface area contributed by atoms with Crippen LogP contribution in [0.4, 0.5) is 10.1 Å². The summed E-state index contributed by atoms with van der Waals surface area (Å²) in [6.07, 6.45) is 1.65. The van der Waals surface area contributed by atoms with Gasteiger partial charge in [0.05, 0.1) is 17.9 Å². The van der Waals surface area contributed by atoms with E-state index in [4.69, 9.17) is 5.73 Å². The molecule has 0 fully saturated rings. The molecular formula is C13H12FN3O. The largest absolute Gasteiger partial charge is 0.396 e. The fraction of sp³-hybridized carbons (Fsp3) is 0.0769. The molecule has 1 aromatic carbocycles. The number of halogens is 1. The Balaban J connectivity index is 2.02. The minimum Gasteiger partial charge on any atom is -0.396 e. The molecule has 18 heavy (non-hydrogen) atoms. The van der Waals surface area contributed by atoms with Crippen molar-refractivity contribution in [2.45, 2.75) is 6.54 Å². The van der Waals surface area contributed by atoms with Gasteiger partial charge in [-0.25, -0.2) is 4.39 Å². The van der Waals surface area contributed by atoms with Crippen molar-refractivity contribution >= 4 is 11.6 Å². The molecule has 4 nitrogen and oxygen atoms in total. The smallest absolute Gasteiger partial charge is 0.251 e. The predicted octanol–water partition coefficient (Wildman–Crippen LogP) is 1.73. The highest BCUT2D eigenvalue weighted by molar-refractivity contribution is 5.94. The Labute approximate surface area is 104 Å². The zero-order valence-corrected chi connectivity index (χ0v) is 9.56. The van der Waals surface area contributed by atoms with E-state index in [1.165, 1.54) is 18.2 Å². The van der Waals surface area contributed by atoms with Crippen LogP contribution >= 0.6 is 0 Å². The van der Waals surface area contributed by atoms with Crippen LogP contribution < -0.4 is 11.1 Å². The van der Waals surface area contributed by atoms with E-state index in [0.29, 0.717) is 12.1 Å². The van der Waals surface area contributed by atoms with Crippen molar-refractivity contribution in [3.8, 4) is 0 Å². The minimum atomic E-state index is -0.531. The van der Waals surface area contributed by atoms with Crippen molar-refractivity contribution in [3.05, 3.63) is 59.7 Å². The Hall–Kier alpha value is -2.43. The zero-order valence-electron chi connectivity index (χ0n) is 9.56. The number of anilines is 1. The Morgan fingerprint density at radius 2 is 2.17 bits per heavy atom. The van der Waals surface area contributed by atoms with Crippen molar-refractivity contribution < 1.29 is 9.18 Å². The molecule has 3 N–H and O–H groups in total. The molecule has 2 aromatic rings. The van der Waals surface area contributed by atoms with Crippen LogP contribution in [0.1, 0.15) is 16.1 Å². The van der Waals surface area contributed by atoms with Gasteiger partial charge in [-0.05, 0) is 30.3 Å². The summed E-state index contributed by atoms with van der Waals surface area (Å²) in [5.74, 6) is -0.844. The zero-order chi connectivity index (χ0) is 13.0. The number of nitrogens with two attached hydrogens (primary N) is 1. The molecule has 1 aromatic heterocycles. The summed E-state index contributed by atoms with van der Waals surface area (Å²) in [5.41, 5.74) is 6.43. The molecule has 0 spiro atoms. The van der Waals surface area contributed by atoms with Crippen LogP contribution in [0, 0.1) is 5.82 Å². The number of pyridine rings is 1. The number of hydrogen-bond donors (Lipinski definition) is 2. The van der Waals surface area contributed by atoms with Crippen molar-refractivity contribution in [1.29, 1.82) is 0 Å². The molecule has 0 aliphatic carbocycles. The first-order chi connectivity index (χ1) is 8.66. The SMILES string of the molecule is Nc1cc(C(=O)NCc2ccccn2)ccc1F. The molecule has 5 heteroatoms. The van der Waals surface area contributed by atoms with E-state index in [-0.39, 0.29) is 11.6 Å². The van der Waals surface area contributed by atoms with Crippen LogP contribution in [0.25, 0.3) is 0 Å². The first kappa shape index (κ1) is 12.0. The Morgan fingerprint density at radius 3 is 2.83 bits per heavy atom. The molecule has 1 amide bonds. The van der Waals surface area contributed by atoms with Gasteiger partial charge in [0.15, 0.2) is 0 Å². The number of nitrogens with zero attached hydrogens (tertiary/aromatic N) is 1. The van der Waals surface area contributed by atoms with Gasteiger partial charge in [-0.15, -0.1) is 0 Å². The molecule has 0 atom stereocenters. The average Bonchev–Trinajstić information content (AvgIpc) is 2.40. The van der Waals surface area contributed by atoms with E-state index in [9.17, 15) is 9.18 Å². The second-order valence-corrected chi connectivity index (χ2v) is 3.74. The summed E-state index contributed by atoms with van der Waals surface area (Å²) < 4.78 is 12.9. The van der Waals surface area contributed by atoms with Crippen LogP contribution in [0.5, 0.6) is 0 Å². The van der Waals surface area contributed by atoms with Crippen LogP contribution in [-0.2, 0) is 6.54 Å². The molecule has 0 aliphatic heterocycles. The lowest BCUT2D eigenvalue weighted by molar-refractivity contribution is 0.0950. The Morgan fingerprint density at radius 1 is 1.33 bits per heavy atom. The summed E-state index contributed by atoms with van der Waals surface area (Å²) in [4.78, 5) is 15.8. The van der Waals surface area contributed by atoms with Crippen molar-refractivity contribution in [2.75, 3.05) is 5.73 Å². The second kappa shape index (κ2) is 5.27. The maximum absolute atomic E-state index is 12.9. The lowest BCUT2D eigenvalue weighted by Gasteiger charge is -2.05. The maximum atomic E-state index is 12.9. The molecule has 0 saturated heterocycles. The number of rotatable bonds is 3. The Kier molecular flexibility index (Phi) is 3.52. The van der Waals surface area contributed by atoms with Crippen molar-refractivity contribution in [3.63, 3.8) is 0 Å². The summed E-state index contributed by atoms with van der Waals surface area (Å²) >= 11 is 0. The molecule has 0 saturated carbocycles. The number of aromatic nitrogens is 1. The highest BCUT2D eigenvalue weighted by Gasteiger charge is 2.07. The van der Waals surface area contributed by atoms with E-state index < -0.39 is 5.82 Å². The lowest BCUT2D eigenvalue weighted by Crippen LogP contribution is -2.23. The van der Waals surface area contributed by atoms with Gasteiger partial charge in [0.1, 0.15) is 5.82 Å². The number of carbonyl (C=O) groups is 1. The second-order valence-electron chi connectivity index (χ2n) is 3.74. The van der Waals surface area contributed by atoms with Gasteiger partial charge in [0, 0.05) is 11.8 Å². The summed E-state index contributed by atoms with van der Waals surface area (Å²) in [6.45, 7) is 0.316. The average molecular weight is 245 g/mol. The van der Waals surface area contributed by atoms with Crippen LogP contribution in [0.15, 0.2) is 42.6 Å². The van der Waals surface area contributed by atoms with Gasteiger partial charge >= 0.3 is 0 Å². The van der Waals surface area contributed by atoms with Crippen molar-refractivity contribution in [1.82, 2.24) is 10.3 Å². The maximum Gasteiger partial charge on any atom is 0.251 e. The topological polar surface area (TPSA) is 68.0 Å². The van der Waals surface area contributed by atoms with Crippen molar-refractivity contribution in [2.24, 2.45) is 0 Å². The van der Waals surface area contributed by atoms with Crippen LogP contribution in [-0.4, -0.2) is 10.9 Å². The first-order valence-corrected chi connectivity index (χ1v) is 5.40. The van der Waals surface area contributed by atoms with Gasteiger partial charge < -0.3 is 11.1 Å². The van der Waals surface area contributed by atoms with Gasteiger partial charge in [-0.2, -0.15) is 0 Å². The third-order valence-corrected chi connectivity index (χ3v) is 2.41. The van der Waals surface area contributed by atoms with Gasteiger partial charge in [0.2, 0.25) is 0 Å². The van der Waals surface area contributed by atoms with Crippen LogP contribution in [0.2, 0.25) is 0 Å². The van der Waals surface area contributed by atoms with E-state index in [1.54, 1.807) is 18.3 Å². The third kappa shape index (κ3) is 2.82. The molecule has 2 rings (SSSR count). The fourth-order valence-corrected chi connectivity index (χ4v) is 1.46. The quantitative estimate of drug-likeness (QED) is 0.809. The molecule has 0 unspecified atom stereocenters. The highest BCUT2D eigenvalue weighted by Crippen LogP contribution is 2.12. The fourth-order valence-electron chi connectivity index (χ4n) is 1.46.